The van der Waals surface area contributed by atoms with E-state index in [2.05, 4.69) is 5.32 Å². The number of rotatable bonds is 6. The first-order valence-electron chi connectivity index (χ1n) is 8.35. The second kappa shape index (κ2) is 9.06. The molecule has 0 heterocycles. The van der Waals surface area contributed by atoms with Crippen molar-refractivity contribution in [2.24, 2.45) is 0 Å². The van der Waals surface area contributed by atoms with Gasteiger partial charge in [-0.25, -0.2) is 0 Å². The van der Waals surface area contributed by atoms with Crippen molar-refractivity contribution in [2.75, 3.05) is 13.2 Å². The molecular formula is C18H29NO2. The Morgan fingerprint density at radius 2 is 1.90 bits per heavy atom. The van der Waals surface area contributed by atoms with Crippen LogP contribution in [0.3, 0.4) is 0 Å². The summed E-state index contributed by atoms with van der Waals surface area (Å²) in [6.45, 7) is 3.01. The highest BCUT2D eigenvalue weighted by molar-refractivity contribution is 5.27. The lowest BCUT2D eigenvalue weighted by Crippen LogP contribution is -2.38. The topological polar surface area (TPSA) is 41.5 Å². The smallest absolute Gasteiger partial charge is 0.119 e. The van der Waals surface area contributed by atoms with Crippen LogP contribution in [0.2, 0.25) is 0 Å². The molecule has 1 saturated carbocycles. The Labute approximate surface area is 128 Å². The van der Waals surface area contributed by atoms with Crippen LogP contribution in [-0.2, 0) is 0 Å². The van der Waals surface area contributed by atoms with Gasteiger partial charge in [-0.3, -0.25) is 0 Å². The maximum atomic E-state index is 10.0. The minimum Gasteiger partial charge on any atom is -0.491 e. The average Bonchev–Trinajstić information content (AvgIpc) is 2.44. The number of ether oxygens (including phenoxy) is 1. The largest absolute Gasteiger partial charge is 0.491 e. The third-order valence-electron chi connectivity index (χ3n) is 4.18. The third kappa shape index (κ3) is 6.49. The maximum Gasteiger partial charge on any atom is 0.119 e. The average molecular weight is 291 g/mol. The van der Waals surface area contributed by atoms with Gasteiger partial charge in [-0.1, -0.05) is 44.2 Å². The van der Waals surface area contributed by atoms with Crippen LogP contribution in [0.1, 0.15) is 50.5 Å². The predicted octanol–water partition coefficient (Wildman–Crippen LogP) is 3.44. The number of aliphatic hydroxyl groups is 1. The quantitative estimate of drug-likeness (QED) is 0.843. The zero-order chi connectivity index (χ0) is 14.9. The van der Waals surface area contributed by atoms with Gasteiger partial charge in [-0.2, -0.15) is 0 Å². The SMILES string of the molecule is Cc1cccc(OCC(O)CNC2CCCCCCC2)c1. The van der Waals surface area contributed by atoms with Gasteiger partial charge in [0.2, 0.25) is 0 Å². The highest BCUT2D eigenvalue weighted by atomic mass is 16.5. The molecule has 0 amide bonds. The van der Waals surface area contributed by atoms with Crippen molar-refractivity contribution in [1.29, 1.82) is 0 Å². The molecule has 118 valence electrons. The van der Waals surface area contributed by atoms with E-state index in [1.165, 1.54) is 50.5 Å². The zero-order valence-electron chi connectivity index (χ0n) is 13.2. The Balaban J connectivity index is 1.65. The lowest BCUT2D eigenvalue weighted by molar-refractivity contribution is 0.102. The summed E-state index contributed by atoms with van der Waals surface area (Å²) in [6, 6.07) is 8.51. The molecular weight excluding hydrogens is 262 g/mol. The van der Waals surface area contributed by atoms with Crippen molar-refractivity contribution in [2.45, 2.75) is 64.0 Å². The molecule has 0 spiro atoms. The molecule has 0 aromatic heterocycles. The van der Waals surface area contributed by atoms with Crippen molar-refractivity contribution < 1.29 is 9.84 Å². The van der Waals surface area contributed by atoms with Crippen molar-refractivity contribution in [3.8, 4) is 5.75 Å². The summed E-state index contributed by atoms with van der Waals surface area (Å²) < 4.78 is 5.64. The summed E-state index contributed by atoms with van der Waals surface area (Å²) >= 11 is 0. The van der Waals surface area contributed by atoms with Gasteiger partial charge in [0.05, 0.1) is 0 Å². The summed E-state index contributed by atoms with van der Waals surface area (Å²) in [5.74, 6) is 0.833. The fraction of sp³-hybridized carbons (Fsp3) is 0.667. The number of nitrogens with one attached hydrogen (secondary N) is 1. The van der Waals surface area contributed by atoms with E-state index in [0.29, 0.717) is 19.2 Å². The van der Waals surface area contributed by atoms with Crippen molar-refractivity contribution in [3.63, 3.8) is 0 Å². The molecule has 2 N–H and O–H groups in total. The van der Waals surface area contributed by atoms with Crippen LogP contribution in [0.5, 0.6) is 5.75 Å². The van der Waals surface area contributed by atoms with Gasteiger partial charge in [0.25, 0.3) is 0 Å². The molecule has 3 heteroatoms. The number of aryl methyl sites for hydroxylation is 1. The molecule has 1 atom stereocenters. The fourth-order valence-electron chi connectivity index (χ4n) is 2.92. The fourth-order valence-corrected chi connectivity index (χ4v) is 2.92. The van der Waals surface area contributed by atoms with Crippen molar-refractivity contribution >= 4 is 0 Å². The molecule has 2 rings (SSSR count). The molecule has 1 unspecified atom stereocenters. The molecule has 1 aliphatic carbocycles. The highest BCUT2D eigenvalue weighted by Gasteiger charge is 2.13. The molecule has 0 radical (unpaired) electrons. The minimum absolute atomic E-state index is 0.350. The van der Waals surface area contributed by atoms with Gasteiger partial charge in [-0.15, -0.1) is 0 Å². The van der Waals surface area contributed by atoms with Gasteiger partial charge in [0, 0.05) is 12.6 Å². The number of benzene rings is 1. The molecule has 1 fully saturated rings. The predicted molar refractivity (Wildman–Crippen MR) is 86.8 cm³/mol. The van der Waals surface area contributed by atoms with Crippen LogP contribution < -0.4 is 10.1 Å². The minimum atomic E-state index is -0.448. The van der Waals surface area contributed by atoms with Gasteiger partial charge in [-0.05, 0) is 37.5 Å². The number of hydrogen-bond donors (Lipinski definition) is 2. The van der Waals surface area contributed by atoms with Crippen molar-refractivity contribution in [3.05, 3.63) is 29.8 Å². The van der Waals surface area contributed by atoms with Gasteiger partial charge in [0.1, 0.15) is 18.5 Å². The lowest BCUT2D eigenvalue weighted by Gasteiger charge is -2.22. The first-order chi connectivity index (χ1) is 10.2. The second-order valence-electron chi connectivity index (χ2n) is 6.23. The van der Waals surface area contributed by atoms with E-state index in [9.17, 15) is 5.11 Å². The molecule has 0 saturated heterocycles. The van der Waals surface area contributed by atoms with Crippen LogP contribution in [0.15, 0.2) is 24.3 Å². The van der Waals surface area contributed by atoms with Crippen LogP contribution in [0.4, 0.5) is 0 Å². The van der Waals surface area contributed by atoms with E-state index in [-0.39, 0.29) is 0 Å². The Hall–Kier alpha value is -1.06. The second-order valence-corrected chi connectivity index (χ2v) is 6.23. The van der Waals surface area contributed by atoms with Crippen LogP contribution in [-0.4, -0.2) is 30.4 Å². The van der Waals surface area contributed by atoms with E-state index in [1.54, 1.807) is 0 Å². The summed E-state index contributed by atoms with van der Waals surface area (Å²) in [4.78, 5) is 0. The summed E-state index contributed by atoms with van der Waals surface area (Å²) in [5.41, 5.74) is 1.18. The third-order valence-corrected chi connectivity index (χ3v) is 4.18. The standard InChI is InChI=1S/C18H29NO2/c1-15-8-7-11-18(12-15)21-14-17(20)13-19-16-9-5-3-2-4-6-10-16/h7-8,11-12,16-17,19-20H,2-6,9-10,13-14H2,1H3. The van der Waals surface area contributed by atoms with Crippen LogP contribution in [0.25, 0.3) is 0 Å². The Morgan fingerprint density at radius 1 is 1.19 bits per heavy atom. The lowest BCUT2D eigenvalue weighted by atomic mass is 9.96. The Bertz CT molecular complexity index is 400. The Kier molecular flexibility index (Phi) is 7.04. The number of aliphatic hydroxyl groups excluding tert-OH is 1. The normalized spacial score (nSPS) is 18.8. The Morgan fingerprint density at radius 3 is 2.62 bits per heavy atom. The summed E-state index contributed by atoms with van der Waals surface area (Å²) in [7, 11) is 0. The molecule has 3 nitrogen and oxygen atoms in total. The van der Waals surface area contributed by atoms with Crippen LogP contribution in [0, 0.1) is 6.92 Å². The first-order valence-corrected chi connectivity index (χ1v) is 8.35. The van der Waals surface area contributed by atoms with Gasteiger partial charge in [0.15, 0.2) is 0 Å². The van der Waals surface area contributed by atoms with E-state index >= 15 is 0 Å². The summed E-state index contributed by atoms with van der Waals surface area (Å²) in [6.07, 6.45) is 8.77. The van der Waals surface area contributed by atoms with E-state index < -0.39 is 6.10 Å². The van der Waals surface area contributed by atoms with E-state index in [0.717, 1.165) is 5.75 Å². The zero-order valence-corrected chi connectivity index (χ0v) is 13.2. The first kappa shape index (κ1) is 16.3. The van der Waals surface area contributed by atoms with E-state index in [1.807, 2.05) is 31.2 Å². The monoisotopic (exact) mass is 291 g/mol. The number of hydrogen-bond acceptors (Lipinski definition) is 3. The van der Waals surface area contributed by atoms with Crippen LogP contribution >= 0.6 is 0 Å². The van der Waals surface area contributed by atoms with Gasteiger partial charge >= 0.3 is 0 Å². The molecule has 1 aromatic rings. The molecule has 1 aliphatic rings. The molecule has 1 aromatic carbocycles. The molecule has 21 heavy (non-hydrogen) atoms. The maximum absolute atomic E-state index is 10.0. The molecule has 0 aliphatic heterocycles. The molecule has 0 bridgehead atoms. The highest BCUT2D eigenvalue weighted by Crippen LogP contribution is 2.17. The van der Waals surface area contributed by atoms with Crippen molar-refractivity contribution in [1.82, 2.24) is 5.32 Å². The van der Waals surface area contributed by atoms with E-state index in [4.69, 9.17) is 4.74 Å². The summed E-state index contributed by atoms with van der Waals surface area (Å²) in [5, 5.41) is 13.6. The van der Waals surface area contributed by atoms with Gasteiger partial charge < -0.3 is 15.2 Å².